The standard InChI is InChI=1S/C9H12O3/c1-2-3-8(10)12-9(4-5-9)7-6-11-7/h2-3,7H,4-6H2,1H3/b3-2+. The summed E-state index contributed by atoms with van der Waals surface area (Å²) in [6.07, 6.45) is 5.24. The van der Waals surface area contributed by atoms with E-state index < -0.39 is 0 Å². The van der Waals surface area contributed by atoms with E-state index in [1.54, 1.807) is 13.0 Å². The van der Waals surface area contributed by atoms with Crippen molar-refractivity contribution in [2.24, 2.45) is 0 Å². The van der Waals surface area contributed by atoms with Crippen LogP contribution in [0, 0.1) is 0 Å². The summed E-state index contributed by atoms with van der Waals surface area (Å²) in [5, 5.41) is 0. The van der Waals surface area contributed by atoms with Gasteiger partial charge in [-0.3, -0.25) is 0 Å². The number of allylic oxidation sites excluding steroid dienone is 1. The Labute approximate surface area is 71.3 Å². The zero-order valence-electron chi connectivity index (χ0n) is 7.08. The summed E-state index contributed by atoms with van der Waals surface area (Å²) >= 11 is 0. The molecule has 66 valence electrons. The monoisotopic (exact) mass is 168 g/mol. The van der Waals surface area contributed by atoms with E-state index in [0.717, 1.165) is 19.4 Å². The van der Waals surface area contributed by atoms with Crippen LogP contribution in [0.25, 0.3) is 0 Å². The van der Waals surface area contributed by atoms with Crippen LogP contribution >= 0.6 is 0 Å². The molecule has 2 fully saturated rings. The van der Waals surface area contributed by atoms with Gasteiger partial charge in [0.2, 0.25) is 0 Å². The predicted molar refractivity (Wildman–Crippen MR) is 42.6 cm³/mol. The number of hydrogen-bond acceptors (Lipinski definition) is 3. The molecule has 0 amide bonds. The van der Waals surface area contributed by atoms with E-state index >= 15 is 0 Å². The van der Waals surface area contributed by atoms with E-state index in [-0.39, 0.29) is 17.7 Å². The van der Waals surface area contributed by atoms with Gasteiger partial charge in [-0.1, -0.05) is 6.08 Å². The quantitative estimate of drug-likeness (QED) is 0.359. The van der Waals surface area contributed by atoms with Crippen molar-refractivity contribution in [3.05, 3.63) is 12.2 Å². The molecule has 0 aromatic carbocycles. The first-order valence-corrected chi connectivity index (χ1v) is 4.24. The molecule has 2 aliphatic rings. The number of epoxide rings is 1. The molecular formula is C9H12O3. The van der Waals surface area contributed by atoms with Crippen LogP contribution in [0.2, 0.25) is 0 Å². The van der Waals surface area contributed by atoms with Crippen LogP contribution in [-0.4, -0.2) is 24.3 Å². The molecule has 0 radical (unpaired) electrons. The van der Waals surface area contributed by atoms with Gasteiger partial charge in [-0.15, -0.1) is 0 Å². The summed E-state index contributed by atoms with van der Waals surface area (Å²) in [5.74, 6) is -0.245. The van der Waals surface area contributed by atoms with E-state index in [1.807, 2.05) is 0 Å². The van der Waals surface area contributed by atoms with Gasteiger partial charge in [0.1, 0.15) is 11.7 Å². The van der Waals surface area contributed by atoms with Crippen molar-refractivity contribution in [1.82, 2.24) is 0 Å². The molecule has 2 rings (SSSR count). The molecule has 1 saturated carbocycles. The topological polar surface area (TPSA) is 38.8 Å². The second kappa shape index (κ2) is 2.59. The van der Waals surface area contributed by atoms with E-state index in [9.17, 15) is 4.79 Å². The molecule has 1 heterocycles. The minimum atomic E-state index is -0.245. The van der Waals surface area contributed by atoms with E-state index in [1.165, 1.54) is 6.08 Å². The second-order valence-corrected chi connectivity index (χ2v) is 3.31. The number of carbonyl (C=O) groups excluding carboxylic acids is 1. The van der Waals surface area contributed by atoms with Crippen molar-refractivity contribution in [1.29, 1.82) is 0 Å². The molecule has 1 aliphatic heterocycles. The number of rotatable bonds is 3. The highest BCUT2D eigenvalue weighted by atomic mass is 16.6. The Morgan fingerprint density at radius 3 is 2.75 bits per heavy atom. The summed E-state index contributed by atoms with van der Waals surface area (Å²) in [4.78, 5) is 11.1. The lowest BCUT2D eigenvalue weighted by atomic mass is 10.2. The minimum absolute atomic E-state index is 0.187. The SMILES string of the molecule is C/C=C/C(=O)OC1(C2CO2)CC1. The fraction of sp³-hybridized carbons (Fsp3) is 0.667. The number of carbonyl (C=O) groups is 1. The highest BCUT2D eigenvalue weighted by molar-refractivity contribution is 5.82. The van der Waals surface area contributed by atoms with Crippen molar-refractivity contribution >= 4 is 5.97 Å². The van der Waals surface area contributed by atoms with Gasteiger partial charge in [0.25, 0.3) is 0 Å². The zero-order valence-corrected chi connectivity index (χ0v) is 7.08. The summed E-state index contributed by atoms with van der Waals surface area (Å²) in [7, 11) is 0. The van der Waals surface area contributed by atoms with Crippen LogP contribution < -0.4 is 0 Å². The highest BCUT2D eigenvalue weighted by Gasteiger charge is 2.59. The predicted octanol–water partition coefficient (Wildman–Crippen LogP) is 1.04. The Kier molecular flexibility index (Phi) is 1.68. The van der Waals surface area contributed by atoms with Crippen molar-refractivity contribution in [3.8, 4) is 0 Å². The molecule has 1 aliphatic carbocycles. The molecule has 1 unspecified atom stereocenters. The Morgan fingerprint density at radius 1 is 1.67 bits per heavy atom. The van der Waals surface area contributed by atoms with Gasteiger partial charge < -0.3 is 9.47 Å². The minimum Gasteiger partial charge on any atom is -0.453 e. The summed E-state index contributed by atoms with van der Waals surface area (Å²) in [5.41, 5.74) is -0.239. The maximum Gasteiger partial charge on any atom is 0.331 e. The number of hydrogen-bond donors (Lipinski definition) is 0. The highest BCUT2D eigenvalue weighted by Crippen LogP contribution is 2.48. The van der Waals surface area contributed by atoms with Crippen LogP contribution in [0.5, 0.6) is 0 Å². The molecule has 3 nitrogen and oxygen atoms in total. The molecular weight excluding hydrogens is 156 g/mol. The lowest BCUT2D eigenvalue weighted by Crippen LogP contribution is -2.24. The van der Waals surface area contributed by atoms with Crippen molar-refractivity contribution in [2.75, 3.05) is 6.61 Å². The van der Waals surface area contributed by atoms with Crippen LogP contribution in [-0.2, 0) is 14.3 Å². The third-order valence-electron chi connectivity index (χ3n) is 2.27. The smallest absolute Gasteiger partial charge is 0.331 e. The largest absolute Gasteiger partial charge is 0.453 e. The number of ether oxygens (including phenoxy) is 2. The van der Waals surface area contributed by atoms with Gasteiger partial charge in [0, 0.05) is 6.08 Å². The Hall–Kier alpha value is -0.830. The van der Waals surface area contributed by atoms with Crippen molar-refractivity contribution in [3.63, 3.8) is 0 Å². The molecule has 0 bridgehead atoms. The van der Waals surface area contributed by atoms with Crippen LogP contribution in [0.1, 0.15) is 19.8 Å². The number of esters is 1. The normalized spacial score (nSPS) is 30.2. The summed E-state index contributed by atoms with van der Waals surface area (Å²) < 4.78 is 10.4. The molecule has 0 N–H and O–H groups in total. The third kappa shape index (κ3) is 1.37. The van der Waals surface area contributed by atoms with E-state index in [0.29, 0.717) is 0 Å². The first-order valence-electron chi connectivity index (χ1n) is 4.24. The maximum absolute atomic E-state index is 11.1. The molecule has 0 spiro atoms. The van der Waals surface area contributed by atoms with Crippen LogP contribution in [0.4, 0.5) is 0 Å². The fourth-order valence-electron chi connectivity index (χ4n) is 1.34. The third-order valence-corrected chi connectivity index (χ3v) is 2.27. The molecule has 1 atom stereocenters. The zero-order chi connectivity index (χ0) is 8.60. The molecule has 0 aromatic rings. The average Bonchev–Trinajstić information content (AvgIpc) is 2.82. The lowest BCUT2D eigenvalue weighted by molar-refractivity contribution is -0.146. The summed E-state index contributed by atoms with van der Waals surface area (Å²) in [6, 6.07) is 0. The van der Waals surface area contributed by atoms with Gasteiger partial charge >= 0.3 is 5.97 Å². The van der Waals surface area contributed by atoms with E-state index in [2.05, 4.69) is 0 Å². The van der Waals surface area contributed by atoms with Gasteiger partial charge in [0.05, 0.1) is 6.61 Å². The van der Waals surface area contributed by atoms with Crippen molar-refractivity contribution < 1.29 is 14.3 Å². The molecule has 12 heavy (non-hydrogen) atoms. The second-order valence-electron chi connectivity index (χ2n) is 3.31. The molecule has 3 heteroatoms. The average molecular weight is 168 g/mol. The lowest BCUT2D eigenvalue weighted by Gasteiger charge is -2.11. The van der Waals surface area contributed by atoms with Crippen LogP contribution in [0.3, 0.4) is 0 Å². The van der Waals surface area contributed by atoms with Gasteiger partial charge in [0.15, 0.2) is 0 Å². The first kappa shape index (κ1) is 7.80. The van der Waals surface area contributed by atoms with E-state index in [4.69, 9.17) is 9.47 Å². The Balaban J connectivity index is 1.89. The molecule has 1 saturated heterocycles. The Morgan fingerprint density at radius 2 is 2.33 bits per heavy atom. The maximum atomic E-state index is 11.1. The molecule has 0 aromatic heterocycles. The van der Waals surface area contributed by atoms with Crippen LogP contribution in [0.15, 0.2) is 12.2 Å². The fourth-order valence-corrected chi connectivity index (χ4v) is 1.34. The first-order chi connectivity index (χ1) is 5.77. The van der Waals surface area contributed by atoms with Gasteiger partial charge in [-0.05, 0) is 19.8 Å². The van der Waals surface area contributed by atoms with Gasteiger partial charge in [-0.2, -0.15) is 0 Å². The van der Waals surface area contributed by atoms with Gasteiger partial charge in [-0.25, -0.2) is 4.79 Å². The van der Waals surface area contributed by atoms with Crippen molar-refractivity contribution in [2.45, 2.75) is 31.5 Å². The summed E-state index contributed by atoms with van der Waals surface area (Å²) in [6.45, 7) is 2.55. The Bertz CT molecular complexity index is 224.